The van der Waals surface area contributed by atoms with E-state index in [1.54, 1.807) is 18.2 Å². The Morgan fingerprint density at radius 2 is 1.67 bits per heavy atom. The van der Waals surface area contributed by atoms with Crippen molar-refractivity contribution in [3.8, 4) is 17.1 Å². The van der Waals surface area contributed by atoms with Crippen LogP contribution in [0.3, 0.4) is 0 Å². The SMILES string of the molecule is Cc1cccc(C)c1-c1cc2nc(n1)NS(=O)(=O)c1cccc(c1)C(=O)N(CC1=[N+](C)N=C(C(C)(C)C)C1)[C@H](CC(C)(C)C)CO2. The van der Waals surface area contributed by atoms with E-state index >= 15 is 0 Å². The molecule has 3 aromatic rings. The van der Waals surface area contributed by atoms with Gasteiger partial charge in [-0.15, -0.1) is 0 Å². The quantitative estimate of drug-likeness (QED) is 0.344. The Morgan fingerprint density at radius 3 is 2.30 bits per heavy atom. The van der Waals surface area contributed by atoms with Gasteiger partial charge in [-0.2, -0.15) is 4.98 Å². The highest BCUT2D eigenvalue weighted by Crippen LogP contribution is 2.32. The van der Waals surface area contributed by atoms with E-state index in [-0.39, 0.29) is 51.7 Å². The van der Waals surface area contributed by atoms with E-state index in [0.29, 0.717) is 25.1 Å². The van der Waals surface area contributed by atoms with Crippen molar-refractivity contribution in [2.24, 2.45) is 15.9 Å². The zero-order valence-electron chi connectivity index (χ0n) is 28.3. The van der Waals surface area contributed by atoms with Gasteiger partial charge in [0.15, 0.2) is 7.05 Å². The Hall–Kier alpha value is -4.12. The number of nitrogens with one attached hydrogen (secondary N) is 1. The Labute approximate surface area is 272 Å². The fraction of sp³-hybridized carbons (Fsp3) is 0.457. The molecule has 46 heavy (non-hydrogen) atoms. The summed E-state index contributed by atoms with van der Waals surface area (Å²) in [6.45, 7) is 17.2. The van der Waals surface area contributed by atoms with Crippen molar-refractivity contribution in [3.05, 3.63) is 65.2 Å². The zero-order valence-corrected chi connectivity index (χ0v) is 29.1. The number of hydrazone groups is 1. The third-order valence-electron chi connectivity index (χ3n) is 8.35. The molecule has 0 unspecified atom stereocenters. The van der Waals surface area contributed by atoms with Crippen molar-refractivity contribution in [1.29, 1.82) is 0 Å². The Morgan fingerprint density at radius 1 is 1.00 bits per heavy atom. The predicted octanol–water partition coefficient (Wildman–Crippen LogP) is 6.09. The van der Waals surface area contributed by atoms with Gasteiger partial charge in [-0.1, -0.05) is 70.5 Å². The first-order valence-electron chi connectivity index (χ1n) is 15.6. The monoisotopic (exact) mass is 645 g/mol. The standard InChI is InChI=1S/C35H45N6O4S/c1-22-12-10-13-23(2)31(22)28-18-30-37-33(36-28)39-46(43,44)27-15-11-14-24(16-27)32(42)41(26(21-45-30)19-34(3,4)5)20-25-17-29(35(6,7)8)38-40(25)9/h10-16,18,26H,17,19-21H2,1-9H3,(H,36,37,39)/q+1/t26-/m1/s1. The molecule has 0 saturated carbocycles. The molecular weight excluding hydrogens is 600 g/mol. The topological polar surface area (TPSA) is 117 Å². The van der Waals surface area contributed by atoms with Gasteiger partial charge in [0, 0.05) is 22.6 Å². The summed E-state index contributed by atoms with van der Waals surface area (Å²) < 4.78 is 38.1. The summed E-state index contributed by atoms with van der Waals surface area (Å²) in [6, 6.07) is 13.4. The number of carbonyl (C=O) groups excluding carboxylic acids is 1. The first-order valence-corrected chi connectivity index (χ1v) is 17.1. The lowest BCUT2D eigenvalue weighted by Gasteiger charge is -2.35. The van der Waals surface area contributed by atoms with E-state index in [0.717, 1.165) is 28.1 Å². The first-order chi connectivity index (χ1) is 21.4. The number of nitrogens with zero attached hydrogens (tertiary/aromatic N) is 5. The van der Waals surface area contributed by atoms with Gasteiger partial charge >= 0.3 is 0 Å². The summed E-state index contributed by atoms with van der Waals surface area (Å²) in [5.41, 5.74) is 5.39. The Bertz CT molecular complexity index is 1830. The maximum atomic E-state index is 14.5. The minimum atomic E-state index is -4.15. The largest absolute Gasteiger partial charge is 0.475 e. The van der Waals surface area contributed by atoms with Crippen LogP contribution in [0.4, 0.5) is 5.95 Å². The van der Waals surface area contributed by atoms with Gasteiger partial charge in [-0.25, -0.2) is 18.1 Å². The van der Waals surface area contributed by atoms with E-state index < -0.39 is 10.0 Å². The van der Waals surface area contributed by atoms with Crippen LogP contribution < -0.4 is 9.46 Å². The number of ether oxygens (including phenoxy) is 1. The average Bonchev–Trinajstić information content (AvgIpc) is 3.33. The highest BCUT2D eigenvalue weighted by molar-refractivity contribution is 7.92. The van der Waals surface area contributed by atoms with Gasteiger partial charge in [0.1, 0.15) is 18.9 Å². The molecule has 0 radical (unpaired) electrons. The molecule has 1 amide bonds. The number of aromatic nitrogens is 2. The van der Waals surface area contributed by atoms with Gasteiger partial charge in [0.05, 0.1) is 23.1 Å². The second kappa shape index (κ2) is 12.2. The third-order valence-corrected chi connectivity index (χ3v) is 9.67. The van der Waals surface area contributed by atoms with E-state index in [1.807, 2.05) is 48.7 Å². The van der Waals surface area contributed by atoms with E-state index in [1.165, 1.54) is 12.1 Å². The second-order valence-electron chi connectivity index (χ2n) is 14.5. The minimum Gasteiger partial charge on any atom is -0.475 e. The number of benzene rings is 2. The predicted molar refractivity (Wildman–Crippen MR) is 181 cm³/mol. The van der Waals surface area contributed by atoms with Crippen LogP contribution in [-0.4, -0.2) is 71.5 Å². The number of fused-ring (bicyclic) bond motifs is 4. The number of sulfonamides is 1. The van der Waals surface area contributed by atoms with Crippen LogP contribution in [0.15, 0.2) is 58.5 Å². The summed E-state index contributed by atoms with van der Waals surface area (Å²) >= 11 is 0. The smallest absolute Gasteiger partial charge is 0.264 e. The van der Waals surface area contributed by atoms with Gasteiger partial charge in [0.2, 0.25) is 17.5 Å². The minimum absolute atomic E-state index is 0.0579. The molecule has 10 nitrogen and oxygen atoms in total. The molecule has 0 spiro atoms. The second-order valence-corrected chi connectivity index (χ2v) is 16.2. The zero-order chi connectivity index (χ0) is 33.6. The summed E-state index contributed by atoms with van der Waals surface area (Å²) in [7, 11) is -2.24. The number of hydrogen-bond donors (Lipinski definition) is 1. The van der Waals surface area contributed by atoms with Crippen LogP contribution in [0.5, 0.6) is 5.88 Å². The molecule has 0 fully saturated rings. The van der Waals surface area contributed by atoms with Gasteiger partial charge in [-0.3, -0.25) is 4.79 Å². The summed E-state index contributed by atoms with van der Waals surface area (Å²) in [5, 5.41) is 4.80. The maximum Gasteiger partial charge on any atom is 0.264 e. The molecule has 1 N–H and O–H groups in total. The molecule has 3 heterocycles. The highest BCUT2D eigenvalue weighted by Gasteiger charge is 2.37. The highest BCUT2D eigenvalue weighted by atomic mass is 32.2. The summed E-state index contributed by atoms with van der Waals surface area (Å²) in [5.74, 6) is -0.176. The normalized spacial score (nSPS) is 18.6. The molecular formula is C35H45N6O4S+. The summed E-state index contributed by atoms with van der Waals surface area (Å²) in [4.78, 5) is 25.3. The fourth-order valence-electron chi connectivity index (χ4n) is 5.91. The molecule has 2 aromatic carbocycles. The van der Waals surface area contributed by atoms with Crippen LogP contribution in [0, 0.1) is 24.7 Å². The molecule has 5 rings (SSSR count). The molecule has 2 aliphatic rings. The van der Waals surface area contributed by atoms with E-state index in [4.69, 9.17) is 9.84 Å². The summed E-state index contributed by atoms with van der Waals surface area (Å²) in [6.07, 6.45) is 1.26. The molecule has 2 aliphatic heterocycles. The van der Waals surface area contributed by atoms with Crippen LogP contribution in [0.1, 0.15) is 75.9 Å². The lowest BCUT2D eigenvalue weighted by Crippen LogP contribution is -2.48. The lowest BCUT2D eigenvalue weighted by atomic mass is 9.86. The van der Waals surface area contributed by atoms with Crippen molar-refractivity contribution in [2.45, 2.75) is 79.2 Å². The van der Waals surface area contributed by atoms with Crippen molar-refractivity contribution in [3.63, 3.8) is 0 Å². The number of rotatable bonds is 4. The van der Waals surface area contributed by atoms with Crippen molar-refractivity contribution < 1.29 is 22.6 Å². The fourth-order valence-corrected chi connectivity index (χ4v) is 6.90. The van der Waals surface area contributed by atoms with E-state index in [9.17, 15) is 13.2 Å². The number of carbonyl (C=O) groups is 1. The Balaban J connectivity index is 1.65. The molecule has 4 bridgehead atoms. The third kappa shape index (κ3) is 7.30. The van der Waals surface area contributed by atoms with Crippen molar-refractivity contribution in [2.75, 3.05) is 24.9 Å². The van der Waals surface area contributed by atoms with Crippen LogP contribution in [0.25, 0.3) is 11.3 Å². The van der Waals surface area contributed by atoms with Gasteiger partial charge in [0.25, 0.3) is 15.9 Å². The van der Waals surface area contributed by atoms with Crippen LogP contribution in [-0.2, 0) is 10.0 Å². The van der Waals surface area contributed by atoms with E-state index in [2.05, 4.69) is 56.2 Å². The van der Waals surface area contributed by atoms with Gasteiger partial charge in [-0.05, 0) is 60.1 Å². The van der Waals surface area contributed by atoms with Crippen molar-refractivity contribution >= 4 is 33.3 Å². The van der Waals surface area contributed by atoms with Gasteiger partial charge < -0.3 is 9.64 Å². The van der Waals surface area contributed by atoms with Crippen LogP contribution >= 0.6 is 0 Å². The number of aryl methyl sites for hydroxylation is 2. The average molecular weight is 646 g/mol. The molecule has 11 heteroatoms. The number of anilines is 1. The molecule has 0 aliphatic carbocycles. The maximum absolute atomic E-state index is 14.5. The lowest BCUT2D eigenvalue weighted by molar-refractivity contribution is -0.500. The molecule has 0 saturated heterocycles. The first kappa shape index (κ1) is 33.2. The van der Waals surface area contributed by atoms with Crippen LogP contribution in [0.2, 0.25) is 0 Å². The molecule has 1 atom stereocenters. The molecule has 244 valence electrons. The molecule has 1 aromatic heterocycles. The van der Waals surface area contributed by atoms with Crippen molar-refractivity contribution in [1.82, 2.24) is 14.9 Å². The number of hydrogen-bond acceptors (Lipinski definition) is 7. The Kier molecular flexibility index (Phi) is 8.85. The number of amides is 1.